The summed E-state index contributed by atoms with van der Waals surface area (Å²) in [6.07, 6.45) is -4.74. The molecule has 26 N–H and O–H groups in total. The number of primary amides is 3. The van der Waals surface area contributed by atoms with E-state index in [1.807, 2.05) is 0 Å². The molecule has 35 heteroatoms. The van der Waals surface area contributed by atoms with Crippen LogP contribution in [-0.2, 0) is 84.8 Å². The van der Waals surface area contributed by atoms with Crippen molar-refractivity contribution in [3.8, 4) is 5.75 Å². The van der Waals surface area contributed by atoms with Crippen LogP contribution in [-0.4, -0.2) is 195 Å². The van der Waals surface area contributed by atoms with Crippen molar-refractivity contribution in [1.82, 2.24) is 53.2 Å². The van der Waals surface area contributed by atoms with Gasteiger partial charge in [-0.05, 0) is 100 Å². The minimum Gasteiger partial charge on any atom is -0.508 e. The van der Waals surface area contributed by atoms with E-state index in [2.05, 4.69) is 53.2 Å². The van der Waals surface area contributed by atoms with Crippen molar-refractivity contribution in [2.75, 3.05) is 13.1 Å². The molecular formula is C63H98N16O19. The van der Waals surface area contributed by atoms with Gasteiger partial charge in [0.05, 0.1) is 25.0 Å². The van der Waals surface area contributed by atoms with Crippen molar-refractivity contribution in [2.24, 2.45) is 46.2 Å². The van der Waals surface area contributed by atoms with E-state index in [1.165, 1.54) is 38.1 Å². The van der Waals surface area contributed by atoms with E-state index in [0.29, 0.717) is 36.9 Å². The zero-order valence-electron chi connectivity index (χ0n) is 55.7. The molecule has 13 amide bonds. The summed E-state index contributed by atoms with van der Waals surface area (Å²) >= 11 is 0. The third-order valence-electron chi connectivity index (χ3n) is 15.6. The van der Waals surface area contributed by atoms with Gasteiger partial charge in [0, 0.05) is 25.7 Å². The zero-order valence-corrected chi connectivity index (χ0v) is 55.7. The number of amides is 13. The van der Waals surface area contributed by atoms with Gasteiger partial charge in [-0.1, -0.05) is 83.0 Å². The maximum absolute atomic E-state index is 14.3. The number of carboxylic acids is 2. The standard InChI is InChI=1S/C63H98N16O19/c1-6-33(4)51(78-59(93)42(28-36-18-20-37(81)21-19-36)73-53(87)38(66)16-10-12-26-64)61(95)72-41(23-25-49(85)86)54(88)74-43(30-47(68)83)57(91)70-40(22-24-46(67)82)56(90)77-50(32(2)3)60(94)71-39(17-11-13-27-65)55(89)79-52(34(5)80)62(96)75-44(31-48(69)84)58(92)76-45(63(97)98)29-35-14-8-7-9-15-35/h7-9,14-15,18-21,32-34,38-45,50-52,80-81H,6,10-13,16-17,22-31,64-66H2,1-5H3,(H2,67,82)(H2,68,83)(H2,69,84)(H,70,91)(H,71,94)(H,72,95)(H,73,87)(H,74,88)(H,75,96)(H,76,92)(H,77,90)(H,78,93)(H,79,89)(H,85,86)(H,97,98). The van der Waals surface area contributed by atoms with E-state index >= 15 is 0 Å². The first kappa shape index (κ1) is 84.2. The summed E-state index contributed by atoms with van der Waals surface area (Å²) in [7, 11) is 0. The van der Waals surface area contributed by atoms with Gasteiger partial charge in [0.25, 0.3) is 0 Å². The Morgan fingerprint density at radius 1 is 0.418 bits per heavy atom. The highest BCUT2D eigenvalue weighted by Gasteiger charge is 2.39. The summed E-state index contributed by atoms with van der Waals surface area (Å²) in [5.74, 6) is -18.8. The Bertz CT molecular complexity index is 3050. The van der Waals surface area contributed by atoms with Crippen LogP contribution in [0.3, 0.4) is 0 Å². The summed E-state index contributed by atoms with van der Waals surface area (Å²) < 4.78 is 0. The van der Waals surface area contributed by atoms with Gasteiger partial charge >= 0.3 is 11.9 Å². The number of aliphatic hydroxyl groups excluding tert-OH is 1. The van der Waals surface area contributed by atoms with Crippen LogP contribution in [0.15, 0.2) is 54.6 Å². The Hall–Kier alpha value is -9.87. The number of phenols is 1. The SMILES string of the molecule is CCC(C)C(NC(=O)C(Cc1ccc(O)cc1)NC(=O)C(N)CCCCN)C(=O)NC(CCC(=O)O)C(=O)NC(CC(N)=O)C(=O)NC(CCC(N)=O)C(=O)NC(C(=O)NC(CCCCN)C(=O)NC(C(=O)NC(CC(N)=O)C(=O)NC(Cc1ccccc1)C(=O)O)C(C)O)C(C)C. The molecule has 0 aliphatic rings. The van der Waals surface area contributed by atoms with Crippen LogP contribution in [0.2, 0.25) is 0 Å². The molecular weight excluding hydrogens is 1280 g/mol. The van der Waals surface area contributed by atoms with E-state index in [1.54, 1.807) is 44.2 Å². The summed E-state index contributed by atoms with van der Waals surface area (Å²) in [5, 5.41) is 64.2. The normalized spacial score (nSPS) is 15.1. The Kier molecular flexibility index (Phi) is 37.2. The largest absolute Gasteiger partial charge is 0.508 e. The lowest BCUT2D eigenvalue weighted by molar-refractivity contribution is -0.142. The molecule has 0 saturated heterocycles. The van der Waals surface area contributed by atoms with E-state index in [0.717, 1.165) is 6.92 Å². The number of benzene rings is 2. The minimum absolute atomic E-state index is 0.0861. The van der Waals surface area contributed by atoms with Gasteiger partial charge < -0.3 is 108 Å². The van der Waals surface area contributed by atoms with Crippen LogP contribution in [0, 0.1) is 11.8 Å². The first-order chi connectivity index (χ1) is 46.1. The summed E-state index contributed by atoms with van der Waals surface area (Å²) in [6, 6.07) is -4.15. The van der Waals surface area contributed by atoms with E-state index in [4.69, 9.17) is 34.4 Å². The van der Waals surface area contributed by atoms with Gasteiger partial charge in [-0.3, -0.25) is 67.1 Å². The zero-order chi connectivity index (χ0) is 73.9. The molecule has 0 aromatic heterocycles. The summed E-state index contributed by atoms with van der Waals surface area (Å²) in [4.78, 5) is 201. The number of aliphatic hydroxyl groups is 1. The molecule has 0 heterocycles. The lowest BCUT2D eigenvalue weighted by atomic mass is 9.96. The van der Waals surface area contributed by atoms with Crippen LogP contribution < -0.4 is 87.6 Å². The molecule has 0 saturated carbocycles. The number of hydrogen-bond donors (Lipinski definition) is 20. The number of carbonyl (C=O) groups is 15. The molecule has 13 unspecified atom stereocenters. The van der Waals surface area contributed by atoms with Crippen molar-refractivity contribution < 1.29 is 92.3 Å². The highest BCUT2D eigenvalue weighted by molar-refractivity contribution is 6.00. The van der Waals surface area contributed by atoms with Crippen molar-refractivity contribution in [2.45, 2.75) is 203 Å². The van der Waals surface area contributed by atoms with Crippen LogP contribution in [0.5, 0.6) is 5.75 Å². The van der Waals surface area contributed by atoms with E-state index < -0.39 is 212 Å². The first-order valence-electron chi connectivity index (χ1n) is 32.1. The predicted molar refractivity (Wildman–Crippen MR) is 352 cm³/mol. The molecule has 98 heavy (non-hydrogen) atoms. The van der Waals surface area contributed by atoms with Crippen molar-refractivity contribution >= 4 is 88.7 Å². The molecule has 0 aliphatic heterocycles. The fraction of sp³-hybridized carbons (Fsp3) is 0.571. The number of aromatic hydroxyl groups is 1. The third kappa shape index (κ3) is 30.9. The number of carboxylic acid groups (broad SMARTS) is 2. The second kappa shape index (κ2) is 43.3. The number of hydrogen-bond acceptors (Lipinski definition) is 20. The number of nitrogens with two attached hydrogens (primary N) is 6. The van der Waals surface area contributed by atoms with E-state index in [-0.39, 0.29) is 50.8 Å². The number of rotatable bonds is 47. The van der Waals surface area contributed by atoms with Gasteiger partial charge in [0.15, 0.2) is 0 Å². The van der Waals surface area contributed by atoms with Gasteiger partial charge in [0.2, 0.25) is 76.8 Å². The molecule has 0 bridgehead atoms. The van der Waals surface area contributed by atoms with Gasteiger partial charge in [-0.25, -0.2) is 4.79 Å². The topological polar surface area (TPSA) is 613 Å². The van der Waals surface area contributed by atoms with Crippen molar-refractivity contribution in [1.29, 1.82) is 0 Å². The third-order valence-corrected chi connectivity index (χ3v) is 15.6. The molecule has 35 nitrogen and oxygen atoms in total. The number of carbonyl (C=O) groups excluding carboxylic acids is 13. The van der Waals surface area contributed by atoms with Crippen LogP contribution >= 0.6 is 0 Å². The molecule has 2 aromatic carbocycles. The highest BCUT2D eigenvalue weighted by Crippen LogP contribution is 2.16. The number of aliphatic carboxylic acids is 2. The molecule has 2 rings (SSSR count). The average Bonchev–Trinajstić information content (AvgIpc) is 0.861. The van der Waals surface area contributed by atoms with Crippen molar-refractivity contribution in [3.63, 3.8) is 0 Å². The number of phenolic OH excluding ortho intramolecular Hbond substituents is 1. The molecule has 0 fully saturated rings. The summed E-state index contributed by atoms with van der Waals surface area (Å²) in [6.45, 7) is 7.73. The second-order valence-electron chi connectivity index (χ2n) is 24.1. The Morgan fingerprint density at radius 3 is 1.29 bits per heavy atom. The quantitative estimate of drug-likeness (QED) is 0.0275. The van der Waals surface area contributed by atoms with Gasteiger partial charge in [-0.15, -0.1) is 0 Å². The summed E-state index contributed by atoms with van der Waals surface area (Å²) in [5.41, 5.74) is 34.8. The lowest BCUT2D eigenvalue weighted by Gasteiger charge is -2.30. The Morgan fingerprint density at radius 2 is 0.806 bits per heavy atom. The second-order valence-corrected chi connectivity index (χ2v) is 24.1. The van der Waals surface area contributed by atoms with Crippen molar-refractivity contribution in [3.05, 3.63) is 65.7 Å². The van der Waals surface area contributed by atoms with Gasteiger partial charge in [-0.2, -0.15) is 0 Å². The lowest BCUT2D eigenvalue weighted by Crippen LogP contribution is -2.62. The fourth-order valence-corrected chi connectivity index (χ4v) is 9.72. The maximum Gasteiger partial charge on any atom is 0.326 e. The van der Waals surface area contributed by atoms with Crippen LogP contribution in [0.25, 0.3) is 0 Å². The van der Waals surface area contributed by atoms with Crippen LogP contribution in [0.4, 0.5) is 0 Å². The predicted octanol–water partition coefficient (Wildman–Crippen LogP) is -5.34. The fourth-order valence-electron chi connectivity index (χ4n) is 9.72. The smallest absolute Gasteiger partial charge is 0.326 e. The molecule has 2 aromatic rings. The van der Waals surface area contributed by atoms with Gasteiger partial charge in [0.1, 0.15) is 66.2 Å². The highest BCUT2D eigenvalue weighted by atomic mass is 16.4. The van der Waals surface area contributed by atoms with E-state index in [9.17, 15) is 92.3 Å². The maximum atomic E-state index is 14.3. The number of unbranched alkanes of at least 4 members (excludes halogenated alkanes) is 2. The minimum atomic E-state index is -2.01. The Balaban J connectivity index is 2.47. The first-order valence-corrected chi connectivity index (χ1v) is 32.1. The molecule has 0 spiro atoms. The Labute approximate surface area is 566 Å². The average molecular weight is 1380 g/mol. The molecule has 0 radical (unpaired) electrons. The van der Waals surface area contributed by atoms with Crippen LogP contribution in [0.1, 0.15) is 129 Å². The number of nitrogens with one attached hydrogen (secondary N) is 10. The molecule has 0 aliphatic carbocycles. The molecule has 13 atom stereocenters. The monoisotopic (exact) mass is 1380 g/mol. The molecule has 544 valence electrons.